The Bertz CT molecular complexity index is 860. The zero-order chi connectivity index (χ0) is 19.6. The Balaban J connectivity index is 1.58. The molecule has 1 fully saturated rings. The summed E-state index contributed by atoms with van der Waals surface area (Å²) in [6.45, 7) is 6.18. The van der Waals surface area contributed by atoms with Crippen LogP contribution in [0.4, 0.5) is 10.8 Å². The lowest BCUT2D eigenvalue weighted by Crippen LogP contribution is -2.33. The van der Waals surface area contributed by atoms with Gasteiger partial charge in [0.05, 0.1) is 11.6 Å². The Kier molecular flexibility index (Phi) is 5.55. The number of rotatable bonds is 5. The summed E-state index contributed by atoms with van der Waals surface area (Å²) < 4.78 is 0. The lowest BCUT2D eigenvalue weighted by molar-refractivity contribution is -0.129. The number of nitrogens with one attached hydrogen (secondary N) is 2. The highest BCUT2D eigenvalue weighted by atomic mass is 32.1. The van der Waals surface area contributed by atoms with Gasteiger partial charge in [-0.05, 0) is 45.0 Å². The van der Waals surface area contributed by atoms with E-state index >= 15 is 0 Å². The van der Waals surface area contributed by atoms with Gasteiger partial charge in [-0.3, -0.25) is 19.7 Å². The molecule has 0 radical (unpaired) electrons. The van der Waals surface area contributed by atoms with Crippen molar-refractivity contribution >= 4 is 39.9 Å². The van der Waals surface area contributed by atoms with Gasteiger partial charge < -0.3 is 10.2 Å². The van der Waals surface area contributed by atoms with Crippen LogP contribution in [0.5, 0.6) is 0 Å². The number of hydrogen-bond donors (Lipinski definition) is 2. The fourth-order valence-corrected chi connectivity index (χ4v) is 3.62. The van der Waals surface area contributed by atoms with Crippen LogP contribution in [-0.2, 0) is 9.59 Å². The van der Waals surface area contributed by atoms with Crippen molar-refractivity contribution in [3.8, 4) is 0 Å². The summed E-state index contributed by atoms with van der Waals surface area (Å²) >= 11 is 1.37. The molecule has 3 rings (SSSR count). The lowest BCUT2D eigenvalue weighted by atomic mass is 10.1. The van der Waals surface area contributed by atoms with E-state index in [1.54, 1.807) is 29.2 Å². The molecular weight excluding hydrogens is 364 g/mol. The third-order valence-electron chi connectivity index (χ3n) is 4.41. The number of likely N-dealkylation sites (tertiary alicyclic amines) is 1. The van der Waals surface area contributed by atoms with Crippen molar-refractivity contribution in [2.45, 2.75) is 33.2 Å². The molecule has 2 N–H and O–H groups in total. The highest BCUT2D eigenvalue weighted by Gasteiger charge is 2.35. The topological polar surface area (TPSA) is 91.4 Å². The number of carbonyl (C=O) groups is 3. The van der Waals surface area contributed by atoms with Gasteiger partial charge in [0.1, 0.15) is 0 Å². The van der Waals surface area contributed by atoms with Crippen LogP contribution in [0.15, 0.2) is 29.6 Å². The van der Waals surface area contributed by atoms with Crippen LogP contribution in [0, 0.1) is 12.8 Å². The number of hydrogen-bond acceptors (Lipinski definition) is 5. The van der Waals surface area contributed by atoms with Crippen LogP contribution in [0.2, 0.25) is 0 Å². The van der Waals surface area contributed by atoms with Gasteiger partial charge in [0.2, 0.25) is 11.8 Å². The maximum absolute atomic E-state index is 12.4. The van der Waals surface area contributed by atoms with Crippen LogP contribution in [0.1, 0.15) is 36.3 Å². The van der Waals surface area contributed by atoms with Crippen LogP contribution in [0.25, 0.3) is 0 Å². The molecule has 142 valence electrons. The number of benzene rings is 1. The van der Waals surface area contributed by atoms with Crippen LogP contribution in [-0.4, -0.2) is 40.2 Å². The number of anilines is 2. The second kappa shape index (κ2) is 7.87. The molecule has 8 heteroatoms. The smallest absolute Gasteiger partial charge is 0.257 e. The molecule has 3 amide bonds. The SMILES string of the molecule is Cc1csc(NC(=O)c2ccc(NC(=O)C3CC(=O)N(C(C)C)C3)cc2)n1. The van der Waals surface area contributed by atoms with E-state index in [1.165, 1.54) is 11.3 Å². The first kappa shape index (κ1) is 19.0. The first-order valence-electron chi connectivity index (χ1n) is 8.77. The average Bonchev–Trinajstić information content (AvgIpc) is 3.21. The monoisotopic (exact) mass is 386 g/mol. The van der Waals surface area contributed by atoms with Crippen LogP contribution < -0.4 is 10.6 Å². The van der Waals surface area contributed by atoms with Gasteiger partial charge in [0, 0.05) is 35.6 Å². The van der Waals surface area contributed by atoms with E-state index < -0.39 is 0 Å². The van der Waals surface area contributed by atoms with Crippen LogP contribution in [0.3, 0.4) is 0 Å². The minimum Gasteiger partial charge on any atom is -0.339 e. The lowest BCUT2D eigenvalue weighted by Gasteiger charge is -2.20. The third kappa shape index (κ3) is 4.51. The molecule has 1 saturated heterocycles. The van der Waals surface area contributed by atoms with E-state index in [0.29, 0.717) is 22.9 Å². The molecule has 0 spiro atoms. The molecule has 1 atom stereocenters. The second-order valence-electron chi connectivity index (χ2n) is 6.86. The number of aryl methyl sites for hydroxylation is 1. The molecule has 1 unspecified atom stereocenters. The molecular formula is C19H22N4O3S. The Hall–Kier alpha value is -2.74. The first-order valence-corrected chi connectivity index (χ1v) is 9.65. The van der Waals surface area contributed by atoms with Gasteiger partial charge in [0.25, 0.3) is 5.91 Å². The van der Waals surface area contributed by atoms with E-state index in [4.69, 9.17) is 0 Å². The van der Waals surface area contributed by atoms with E-state index in [2.05, 4.69) is 15.6 Å². The van der Waals surface area contributed by atoms with Crippen LogP contribution >= 0.6 is 11.3 Å². The van der Waals surface area contributed by atoms with Gasteiger partial charge in [-0.15, -0.1) is 11.3 Å². The quantitative estimate of drug-likeness (QED) is 0.827. The van der Waals surface area contributed by atoms with Gasteiger partial charge in [0.15, 0.2) is 5.13 Å². The van der Waals surface area contributed by atoms with Crippen molar-refractivity contribution in [1.82, 2.24) is 9.88 Å². The second-order valence-corrected chi connectivity index (χ2v) is 7.71. The molecule has 1 aliphatic rings. The predicted octanol–water partition coefficient (Wildman–Crippen LogP) is 2.90. The summed E-state index contributed by atoms with van der Waals surface area (Å²) in [6.07, 6.45) is 0.234. The number of carbonyl (C=O) groups excluding carboxylic acids is 3. The molecule has 0 aliphatic carbocycles. The molecule has 0 saturated carbocycles. The molecule has 0 bridgehead atoms. The van der Waals surface area contributed by atoms with E-state index in [1.807, 2.05) is 26.2 Å². The Morgan fingerprint density at radius 3 is 2.48 bits per heavy atom. The first-order chi connectivity index (χ1) is 12.8. The Labute approximate surface area is 161 Å². The number of thiazole rings is 1. The van der Waals surface area contributed by atoms with Crippen molar-refractivity contribution in [2.24, 2.45) is 5.92 Å². The minimum atomic E-state index is -0.351. The normalized spacial score (nSPS) is 16.7. The molecule has 1 aliphatic heterocycles. The van der Waals surface area contributed by atoms with Crippen molar-refractivity contribution in [1.29, 1.82) is 0 Å². The van der Waals surface area contributed by atoms with Crippen molar-refractivity contribution in [3.05, 3.63) is 40.9 Å². The molecule has 2 aromatic rings. The molecule has 1 aromatic carbocycles. The molecule has 1 aromatic heterocycles. The summed E-state index contributed by atoms with van der Waals surface area (Å²) in [7, 11) is 0. The van der Waals surface area contributed by atoms with Gasteiger partial charge in [-0.25, -0.2) is 4.98 Å². The summed E-state index contributed by atoms with van der Waals surface area (Å²) in [5.74, 6) is -0.774. The van der Waals surface area contributed by atoms with E-state index in [-0.39, 0.29) is 36.1 Å². The fraction of sp³-hybridized carbons (Fsp3) is 0.368. The van der Waals surface area contributed by atoms with Crippen molar-refractivity contribution in [3.63, 3.8) is 0 Å². The number of nitrogens with zero attached hydrogens (tertiary/aromatic N) is 2. The summed E-state index contributed by atoms with van der Waals surface area (Å²) in [5.41, 5.74) is 1.93. The average molecular weight is 386 g/mol. The summed E-state index contributed by atoms with van der Waals surface area (Å²) in [6, 6.07) is 6.74. The fourth-order valence-electron chi connectivity index (χ4n) is 2.94. The standard InChI is InChI=1S/C19H22N4O3S/c1-11(2)23-9-14(8-16(23)24)18(26)21-15-6-4-13(5-7-15)17(25)22-19-20-12(3)10-27-19/h4-7,10-11,14H,8-9H2,1-3H3,(H,21,26)(H,20,22,25). The van der Waals surface area contributed by atoms with Gasteiger partial charge in [-0.2, -0.15) is 0 Å². The highest BCUT2D eigenvalue weighted by Crippen LogP contribution is 2.22. The maximum Gasteiger partial charge on any atom is 0.257 e. The van der Waals surface area contributed by atoms with Gasteiger partial charge >= 0.3 is 0 Å². The number of amides is 3. The largest absolute Gasteiger partial charge is 0.339 e. The zero-order valence-electron chi connectivity index (χ0n) is 15.5. The highest BCUT2D eigenvalue weighted by molar-refractivity contribution is 7.13. The van der Waals surface area contributed by atoms with Gasteiger partial charge in [-0.1, -0.05) is 0 Å². The maximum atomic E-state index is 12.4. The zero-order valence-corrected chi connectivity index (χ0v) is 16.3. The van der Waals surface area contributed by atoms with E-state index in [9.17, 15) is 14.4 Å². The summed E-state index contributed by atoms with van der Waals surface area (Å²) in [5, 5.41) is 7.98. The van der Waals surface area contributed by atoms with Crippen molar-refractivity contribution < 1.29 is 14.4 Å². The van der Waals surface area contributed by atoms with E-state index in [0.717, 1.165) is 5.69 Å². The third-order valence-corrected chi connectivity index (χ3v) is 5.28. The number of aromatic nitrogens is 1. The summed E-state index contributed by atoms with van der Waals surface area (Å²) in [4.78, 5) is 42.5. The molecule has 7 nitrogen and oxygen atoms in total. The van der Waals surface area contributed by atoms with Crippen molar-refractivity contribution in [2.75, 3.05) is 17.2 Å². The minimum absolute atomic E-state index is 0.00888. The molecule has 27 heavy (non-hydrogen) atoms. The Morgan fingerprint density at radius 1 is 1.22 bits per heavy atom. The predicted molar refractivity (Wildman–Crippen MR) is 105 cm³/mol. The Morgan fingerprint density at radius 2 is 1.93 bits per heavy atom. The molecule has 2 heterocycles.